The van der Waals surface area contributed by atoms with Gasteiger partial charge < -0.3 is 10.3 Å². The number of nitrogens with two attached hydrogens (primary N) is 1. The highest BCUT2D eigenvalue weighted by molar-refractivity contribution is 5.17. The second-order valence-electron chi connectivity index (χ2n) is 3.08. The Morgan fingerprint density at radius 1 is 1.21 bits per heavy atom. The van der Waals surface area contributed by atoms with Gasteiger partial charge in [-0.25, -0.2) is 4.98 Å². The molecule has 2 heterocycles. The molecule has 0 fully saturated rings. The number of hydrogen-bond acceptors (Lipinski definition) is 3. The highest BCUT2D eigenvalue weighted by atomic mass is 15.1. The summed E-state index contributed by atoms with van der Waals surface area (Å²) < 4.78 is 1.93. The van der Waals surface area contributed by atoms with Crippen molar-refractivity contribution < 1.29 is 0 Å². The molecule has 4 heteroatoms. The number of rotatable bonds is 3. The van der Waals surface area contributed by atoms with Crippen LogP contribution < -0.4 is 5.73 Å². The first-order valence-electron chi connectivity index (χ1n) is 4.52. The minimum absolute atomic E-state index is 0.569. The average molecular weight is 188 g/mol. The highest BCUT2D eigenvalue weighted by Crippen LogP contribution is 2.03. The number of imidazole rings is 1. The van der Waals surface area contributed by atoms with Gasteiger partial charge in [-0.15, -0.1) is 0 Å². The van der Waals surface area contributed by atoms with E-state index in [4.69, 9.17) is 5.73 Å². The van der Waals surface area contributed by atoms with Crippen molar-refractivity contribution in [2.45, 2.75) is 13.0 Å². The lowest BCUT2D eigenvalue weighted by atomic mass is 10.2. The van der Waals surface area contributed by atoms with Crippen molar-refractivity contribution in [2.75, 3.05) is 5.73 Å². The molecule has 4 nitrogen and oxygen atoms in total. The van der Waals surface area contributed by atoms with Gasteiger partial charge in [0.15, 0.2) is 5.95 Å². The van der Waals surface area contributed by atoms with Crippen LogP contribution in [0.4, 0.5) is 5.95 Å². The van der Waals surface area contributed by atoms with E-state index in [2.05, 4.69) is 9.97 Å². The Balaban J connectivity index is 1.99. The maximum Gasteiger partial charge on any atom is 0.200 e. The first-order chi connectivity index (χ1) is 6.86. The third-order valence-corrected chi connectivity index (χ3v) is 2.14. The van der Waals surface area contributed by atoms with Crippen LogP contribution >= 0.6 is 0 Å². The molecule has 0 spiro atoms. The number of nitrogens with zero attached hydrogens (tertiary/aromatic N) is 3. The zero-order chi connectivity index (χ0) is 9.80. The predicted octanol–water partition coefficient (Wildman–Crippen LogP) is 1.10. The lowest BCUT2D eigenvalue weighted by Gasteiger charge is -2.03. The van der Waals surface area contributed by atoms with E-state index in [9.17, 15) is 0 Å². The van der Waals surface area contributed by atoms with Crippen LogP contribution in [0, 0.1) is 0 Å². The Bertz CT molecular complexity index is 394. The fourth-order valence-electron chi connectivity index (χ4n) is 1.33. The molecule has 0 saturated carbocycles. The smallest absolute Gasteiger partial charge is 0.200 e. The molecule has 0 aromatic carbocycles. The molecule has 0 atom stereocenters. The summed E-state index contributed by atoms with van der Waals surface area (Å²) in [5.74, 6) is 0.569. The van der Waals surface area contributed by atoms with Gasteiger partial charge in [-0.05, 0) is 24.1 Å². The number of anilines is 1. The summed E-state index contributed by atoms with van der Waals surface area (Å²) in [5.41, 5.74) is 6.90. The van der Waals surface area contributed by atoms with E-state index in [1.54, 1.807) is 18.6 Å². The van der Waals surface area contributed by atoms with E-state index in [-0.39, 0.29) is 0 Å². The van der Waals surface area contributed by atoms with Gasteiger partial charge in [0.1, 0.15) is 0 Å². The molecule has 0 saturated heterocycles. The van der Waals surface area contributed by atoms with Crippen LogP contribution in [0.3, 0.4) is 0 Å². The van der Waals surface area contributed by atoms with E-state index >= 15 is 0 Å². The van der Waals surface area contributed by atoms with Crippen LogP contribution in [0.15, 0.2) is 36.9 Å². The van der Waals surface area contributed by atoms with E-state index in [0.29, 0.717) is 5.95 Å². The summed E-state index contributed by atoms with van der Waals surface area (Å²) in [7, 11) is 0. The molecule has 0 aliphatic heterocycles. The summed E-state index contributed by atoms with van der Waals surface area (Å²) in [6.07, 6.45) is 8.14. The van der Waals surface area contributed by atoms with Crippen LogP contribution in [0.1, 0.15) is 5.56 Å². The highest BCUT2D eigenvalue weighted by Gasteiger charge is 1.97. The molecular formula is C10H12N4. The van der Waals surface area contributed by atoms with Crippen molar-refractivity contribution in [1.82, 2.24) is 14.5 Å². The summed E-state index contributed by atoms with van der Waals surface area (Å²) in [6, 6.07) is 4.01. The van der Waals surface area contributed by atoms with Crippen molar-refractivity contribution in [1.29, 1.82) is 0 Å². The van der Waals surface area contributed by atoms with Gasteiger partial charge in [-0.1, -0.05) is 0 Å². The number of aromatic nitrogens is 3. The average Bonchev–Trinajstić information content (AvgIpc) is 2.63. The zero-order valence-corrected chi connectivity index (χ0v) is 7.80. The summed E-state index contributed by atoms with van der Waals surface area (Å²) in [5, 5.41) is 0. The Kier molecular flexibility index (Phi) is 2.44. The largest absolute Gasteiger partial charge is 0.369 e. The van der Waals surface area contributed by atoms with Gasteiger partial charge in [0, 0.05) is 31.3 Å². The summed E-state index contributed by atoms with van der Waals surface area (Å²) in [4.78, 5) is 7.92. The molecule has 2 aromatic rings. The molecule has 72 valence electrons. The number of aryl methyl sites for hydroxylation is 2. The van der Waals surface area contributed by atoms with Gasteiger partial charge in [0.25, 0.3) is 0 Å². The van der Waals surface area contributed by atoms with Gasteiger partial charge in [-0.3, -0.25) is 4.98 Å². The van der Waals surface area contributed by atoms with E-state index in [1.165, 1.54) is 5.56 Å². The number of pyridine rings is 1. The van der Waals surface area contributed by atoms with Crippen molar-refractivity contribution in [3.8, 4) is 0 Å². The van der Waals surface area contributed by atoms with Crippen LogP contribution in [0.2, 0.25) is 0 Å². The fourth-order valence-corrected chi connectivity index (χ4v) is 1.33. The number of nitrogen functional groups attached to an aromatic ring is 1. The maximum atomic E-state index is 5.64. The lowest BCUT2D eigenvalue weighted by Crippen LogP contribution is -2.04. The second kappa shape index (κ2) is 3.91. The number of hydrogen-bond donors (Lipinski definition) is 1. The second-order valence-corrected chi connectivity index (χ2v) is 3.08. The van der Waals surface area contributed by atoms with E-state index < -0.39 is 0 Å². The maximum absolute atomic E-state index is 5.64. The minimum Gasteiger partial charge on any atom is -0.369 e. The predicted molar refractivity (Wildman–Crippen MR) is 54.6 cm³/mol. The van der Waals surface area contributed by atoms with Crippen LogP contribution in [-0.4, -0.2) is 14.5 Å². The molecule has 2 aromatic heterocycles. The van der Waals surface area contributed by atoms with Crippen molar-refractivity contribution in [3.63, 3.8) is 0 Å². The third kappa shape index (κ3) is 1.90. The Morgan fingerprint density at radius 2 is 2.00 bits per heavy atom. The minimum atomic E-state index is 0.569. The molecule has 0 unspecified atom stereocenters. The standard InChI is InChI=1S/C10H12N4/c11-10-13-6-8-14(10)7-3-9-1-4-12-5-2-9/h1-2,4-6,8H,3,7H2,(H2,11,13). The summed E-state index contributed by atoms with van der Waals surface area (Å²) >= 11 is 0. The van der Waals surface area contributed by atoms with Crippen molar-refractivity contribution in [3.05, 3.63) is 42.5 Å². The Labute approximate surface area is 82.4 Å². The molecule has 0 aliphatic rings. The van der Waals surface area contributed by atoms with Crippen LogP contribution in [0.25, 0.3) is 0 Å². The zero-order valence-electron chi connectivity index (χ0n) is 7.80. The molecule has 2 N–H and O–H groups in total. The molecule has 0 bridgehead atoms. The SMILES string of the molecule is Nc1nccn1CCc1ccncc1. The van der Waals surface area contributed by atoms with Crippen LogP contribution in [-0.2, 0) is 13.0 Å². The lowest BCUT2D eigenvalue weighted by molar-refractivity contribution is 0.705. The van der Waals surface area contributed by atoms with Crippen molar-refractivity contribution in [2.24, 2.45) is 0 Å². The van der Waals surface area contributed by atoms with Crippen LogP contribution in [0.5, 0.6) is 0 Å². The molecule has 14 heavy (non-hydrogen) atoms. The van der Waals surface area contributed by atoms with Gasteiger partial charge in [-0.2, -0.15) is 0 Å². The summed E-state index contributed by atoms with van der Waals surface area (Å²) in [6.45, 7) is 0.857. The van der Waals surface area contributed by atoms with Gasteiger partial charge >= 0.3 is 0 Å². The third-order valence-electron chi connectivity index (χ3n) is 2.14. The Hall–Kier alpha value is -1.84. The van der Waals surface area contributed by atoms with E-state index in [0.717, 1.165) is 13.0 Å². The molecular weight excluding hydrogens is 176 g/mol. The monoisotopic (exact) mass is 188 g/mol. The van der Waals surface area contributed by atoms with Crippen molar-refractivity contribution >= 4 is 5.95 Å². The topological polar surface area (TPSA) is 56.7 Å². The van der Waals surface area contributed by atoms with E-state index in [1.807, 2.05) is 22.9 Å². The fraction of sp³-hybridized carbons (Fsp3) is 0.200. The normalized spacial score (nSPS) is 10.3. The molecule has 2 rings (SSSR count). The first-order valence-corrected chi connectivity index (χ1v) is 4.52. The Morgan fingerprint density at radius 3 is 2.64 bits per heavy atom. The first kappa shape index (κ1) is 8.74. The van der Waals surface area contributed by atoms with Gasteiger partial charge in [0.05, 0.1) is 0 Å². The van der Waals surface area contributed by atoms with Gasteiger partial charge in [0.2, 0.25) is 0 Å². The molecule has 0 aliphatic carbocycles. The quantitative estimate of drug-likeness (QED) is 0.784. The molecule has 0 amide bonds. The molecule has 0 radical (unpaired) electrons.